The van der Waals surface area contributed by atoms with Gasteiger partial charge in [0, 0.05) is 18.5 Å². The van der Waals surface area contributed by atoms with Gasteiger partial charge in [-0.1, -0.05) is 13.8 Å². The fourth-order valence-electron chi connectivity index (χ4n) is 2.19. The zero-order valence-electron chi connectivity index (χ0n) is 12.5. The first-order valence-electron chi connectivity index (χ1n) is 7.03. The molecule has 6 heteroatoms. The molecule has 3 nitrogen and oxygen atoms in total. The van der Waals surface area contributed by atoms with E-state index in [1.807, 2.05) is 33.9 Å². The standard InChI is InChI=1S/C13H12BrClFN3.C2H6/c1-6-5-8-11(10(16)9(6)14)17-13(15)18-12(8)19(2)7-3-4-7;1-2/h5,7H,3-4H2,1-2H3;1-2H3. The highest BCUT2D eigenvalue weighted by atomic mass is 79.9. The molecule has 0 aliphatic heterocycles. The molecule has 21 heavy (non-hydrogen) atoms. The third-order valence-corrected chi connectivity index (χ3v) is 4.58. The van der Waals surface area contributed by atoms with Crippen molar-refractivity contribution in [2.75, 3.05) is 11.9 Å². The Hall–Kier alpha value is -0.940. The van der Waals surface area contributed by atoms with Gasteiger partial charge in [0.25, 0.3) is 0 Å². The van der Waals surface area contributed by atoms with Gasteiger partial charge in [0.15, 0.2) is 5.82 Å². The predicted octanol–water partition coefficient (Wildman–Crippen LogP) is 5.12. The summed E-state index contributed by atoms with van der Waals surface area (Å²) in [6.07, 6.45) is 2.27. The van der Waals surface area contributed by atoms with Gasteiger partial charge in [-0.2, -0.15) is 4.98 Å². The molecule has 0 saturated heterocycles. The van der Waals surface area contributed by atoms with Crippen molar-refractivity contribution < 1.29 is 4.39 Å². The normalized spacial score (nSPS) is 13.9. The van der Waals surface area contributed by atoms with Crippen LogP contribution >= 0.6 is 27.5 Å². The van der Waals surface area contributed by atoms with E-state index in [1.165, 1.54) is 0 Å². The Morgan fingerprint density at radius 3 is 2.52 bits per heavy atom. The molecule has 1 aromatic heterocycles. The van der Waals surface area contributed by atoms with Crippen molar-refractivity contribution in [3.05, 3.63) is 27.2 Å². The minimum atomic E-state index is -0.384. The number of fused-ring (bicyclic) bond motifs is 1. The molecular formula is C15H18BrClFN3. The van der Waals surface area contributed by atoms with Gasteiger partial charge in [-0.3, -0.25) is 0 Å². The van der Waals surface area contributed by atoms with E-state index in [9.17, 15) is 4.39 Å². The quantitative estimate of drug-likeness (QED) is 0.683. The van der Waals surface area contributed by atoms with E-state index < -0.39 is 0 Å². The fraction of sp³-hybridized carbons (Fsp3) is 0.467. The predicted molar refractivity (Wildman–Crippen MR) is 89.7 cm³/mol. The average Bonchev–Trinajstić information content (AvgIpc) is 3.31. The number of aromatic nitrogens is 2. The Morgan fingerprint density at radius 1 is 1.33 bits per heavy atom. The van der Waals surface area contributed by atoms with Crippen LogP contribution in [0.2, 0.25) is 5.28 Å². The molecule has 1 fully saturated rings. The number of hydrogen-bond donors (Lipinski definition) is 0. The molecule has 1 aromatic carbocycles. The molecule has 0 amide bonds. The molecule has 3 rings (SSSR count). The van der Waals surface area contributed by atoms with Crippen molar-refractivity contribution in [2.45, 2.75) is 39.7 Å². The Bertz CT molecular complexity index is 674. The number of halogens is 3. The van der Waals surface area contributed by atoms with Gasteiger partial charge < -0.3 is 4.90 Å². The fourth-order valence-corrected chi connectivity index (χ4v) is 2.66. The number of aryl methyl sites for hydroxylation is 1. The van der Waals surface area contributed by atoms with Gasteiger partial charge in [-0.25, -0.2) is 9.37 Å². The van der Waals surface area contributed by atoms with Gasteiger partial charge in [-0.15, -0.1) is 0 Å². The highest BCUT2D eigenvalue weighted by Gasteiger charge is 2.29. The second-order valence-electron chi connectivity index (χ2n) is 4.88. The van der Waals surface area contributed by atoms with Crippen molar-refractivity contribution in [1.29, 1.82) is 0 Å². The maximum Gasteiger partial charge on any atom is 0.225 e. The zero-order chi connectivity index (χ0) is 15.7. The third-order valence-electron chi connectivity index (χ3n) is 3.43. The van der Waals surface area contributed by atoms with Crippen LogP contribution in [-0.4, -0.2) is 23.1 Å². The SMILES string of the molecule is CC.Cc1cc2c(N(C)C3CC3)nc(Cl)nc2c(F)c1Br. The van der Waals surface area contributed by atoms with Crippen LogP contribution in [0, 0.1) is 12.7 Å². The van der Waals surface area contributed by atoms with Crippen molar-refractivity contribution in [3.8, 4) is 0 Å². The second-order valence-corrected chi connectivity index (χ2v) is 6.01. The van der Waals surface area contributed by atoms with E-state index in [0.29, 0.717) is 21.7 Å². The summed E-state index contributed by atoms with van der Waals surface area (Å²) >= 11 is 9.16. The molecule has 0 atom stereocenters. The summed E-state index contributed by atoms with van der Waals surface area (Å²) in [7, 11) is 1.96. The summed E-state index contributed by atoms with van der Waals surface area (Å²) in [5.41, 5.74) is 1.08. The lowest BCUT2D eigenvalue weighted by Gasteiger charge is -2.20. The van der Waals surface area contributed by atoms with Crippen LogP contribution in [0.4, 0.5) is 10.2 Å². The van der Waals surface area contributed by atoms with Gasteiger partial charge in [-0.05, 0) is 58.9 Å². The first-order valence-corrected chi connectivity index (χ1v) is 8.21. The Morgan fingerprint density at radius 2 is 1.95 bits per heavy atom. The molecule has 1 saturated carbocycles. The molecule has 1 heterocycles. The maximum absolute atomic E-state index is 14.3. The van der Waals surface area contributed by atoms with Crippen LogP contribution in [0.3, 0.4) is 0 Å². The molecule has 0 spiro atoms. The molecule has 0 radical (unpaired) electrons. The van der Waals surface area contributed by atoms with Gasteiger partial charge in [0.1, 0.15) is 11.3 Å². The number of benzene rings is 1. The first kappa shape index (κ1) is 16.4. The van der Waals surface area contributed by atoms with Crippen molar-refractivity contribution in [3.63, 3.8) is 0 Å². The van der Waals surface area contributed by atoms with Crippen LogP contribution in [0.15, 0.2) is 10.5 Å². The maximum atomic E-state index is 14.3. The molecule has 114 valence electrons. The average molecular weight is 375 g/mol. The molecule has 1 aliphatic carbocycles. The first-order chi connectivity index (χ1) is 9.99. The smallest absolute Gasteiger partial charge is 0.225 e. The third kappa shape index (κ3) is 3.14. The molecule has 0 bridgehead atoms. The Kier molecular flexibility index (Phi) is 5.04. The highest BCUT2D eigenvalue weighted by Crippen LogP contribution is 2.36. The Balaban J connectivity index is 0.000000774. The summed E-state index contributed by atoms with van der Waals surface area (Å²) in [6.45, 7) is 5.85. The monoisotopic (exact) mass is 373 g/mol. The van der Waals surface area contributed by atoms with E-state index in [1.54, 1.807) is 0 Å². The number of hydrogen-bond acceptors (Lipinski definition) is 3. The molecule has 0 unspecified atom stereocenters. The van der Waals surface area contributed by atoms with E-state index in [2.05, 4.69) is 30.8 Å². The summed E-state index contributed by atoms with van der Waals surface area (Å²) in [5.74, 6) is 0.316. The minimum absolute atomic E-state index is 0.0738. The second kappa shape index (κ2) is 6.44. The summed E-state index contributed by atoms with van der Waals surface area (Å²) < 4.78 is 14.7. The van der Waals surface area contributed by atoms with Crippen LogP contribution in [0.1, 0.15) is 32.3 Å². The minimum Gasteiger partial charge on any atom is -0.356 e. The summed E-state index contributed by atoms with van der Waals surface area (Å²) in [6, 6.07) is 2.37. The van der Waals surface area contributed by atoms with E-state index in [0.717, 1.165) is 18.4 Å². The number of rotatable bonds is 2. The van der Waals surface area contributed by atoms with Crippen LogP contribution in [-0.2, 0) is 0 Å². The lowest BCUT2D eigenvalue weighted by Crippen LogP contribution is -2.21. The van der Waals surface area contributed by atoms with Crippen molar-refractivity contribution in [2.24, 2.45) is 0 Å². The Labute approximate surface area is 137 Å². The van der Waals surface area contributed by atoms with Gasteiger partial charge in [0.05, 0.1) is 4.47 Å². The van der Waals surface area contributed by atoms with Crippen molar-refractivity contribution in [1.82, 2.24) is 9.97 Å². The lowest BCUT2D eigenvalue weighted by molar-refractivity contribution is 0.628. The van der Waals surface area contributed by atoms with E-state index in [-0.39, 0.29) is 16.6 Å². The largest absolute Gasteiger partial charge is 0.356 e. The summed E-state index contributed by atoms with van der Waals surface area (Å²) in [5, 5.41) is 0.779. The van der Waals surface area contributed by atoms with Crippen molar-refractivity contribution >= 4 is 44.3 Å². The molecular weight excluding hydrogens is 357 g/mol. The summed E-state index contributed by atoms with van der Waals surface area (Å²) in [4.78, 5) is 10.4. The van der Waals surface area contributed by atoms with E-state index >= 15 is 0 Å². The van der Waals surface area contributed by atoms with Gasteiger partial charge >= 0.3 is 0 Å². The molecule has 0 N–H and O–H groups in total. The number of nitrogens with zero attached hydrogens (tertiary/aromatic N) is 3. The number of anilines is 1. The van der Waals surface area contributed by atoms with E-state index in [4.69, 9.17) is 11.6 Å². The molecule has 1 aliphatic rings. The highest BCUT2D eigenvalue weighted by molar-refractivity contribution is 9.10. The van der Waals surface area contributed by atoms with Gasteiger partial charge in [0.2, 0.25) is 5.28 Å². The topological polar surface area (TPSA) is 29.0 Å². The van der Waals surface area contributed by atoms with Crippen LogP contribution in [0.5, 0.6) is 0 Å². The molecule has 2 aromatic rings. The zero-order valence-corrected chi connectivity index (χ0v) is 14.9. The lowest BCUT2D eigenvalue weighted by atomic mass is 10.1. The van der Waals surface area contributed by atoms with Crippen LogP contribution in [0.25, 0.3) is 10.9 Å². The van der Waals surface area contributed by atoms with Crippen LogP contribution < -0.4 is 4.90 Å².